The van der Waals surface area contributed by atoms with Gasteiger partial charge in [0.15, 0.2) is 0 Å². The Bertz CT molecular complexity index is 1520. The van der Waals surface area contributed by atoms with Crippen molar-refractivity contribution in [1.29, 1.82) is 0 Å². The maximum Gasteiger partial charge on any atom is 0.337 e. The number of aromatic carboxylic acids is 1. The number of hydrogen-bond donors (Lipinski definition) is 3. The summed E-state index contributed by atoms with van der Waals surface area (Å²) in [5.74, 6) is -1.36. The summed E-state index contributed by atoms with van der Waals surface area (Å²) in [6, 6.07) is 12.2. The number of hydrazone groups is 1. The van der Waals surface area contributed by atoms with Gasteiger partial charge in [0.1, 0.15) is 10.7 Å². The van der Waals surface area contributed by atoms with Crippen LogP contribution in [0.25, 0.3) is 0 Å². The molecule has 0 fully saturated rings. The van der Waals surface area contributed by atoms with Crippen molar-refractivity contribution in [3.05, 3.63) is 97.0 Å². The molecule has 15 heteroatoms. The maximum atomic E-state index is 12.8. The number of carboxylic acids is 1. The van der Waals surface area contributed by atoms with Gasteiger partial charge in [0.2, 0.25) is 0 Å². The highest BCUT2D eigenvalue weighted by atomic mass is 35.5. The van der Waals surface area contributed by atoms with Gasteiger partial charge in [0, 0.05) is 17.7 Å². The van der Waals surface area contributed by atoms with Crippen LogP contribution in [-0.4, -0.2) is 35.1 Å². The molecular formula is C21H16ClN5O8S. The van der Waals surface area contributed by atoms with Gasteiger partial charge in [-0.2, -0.15) is 5.10 Å². The third-order valence-electron chi connectivity index (χ3n) is 4.78. The Morgan fingerprint density at radius 1 is 0.972 bits per heavy atom. The van der Waals surface area contributed by atoms with Crippen molar-refractivity contribution < 1.29 is 28.2 Å². The lowest BCUT2D eigenvalue weighted by atomic mass is 10.1. The topological polar surface area (TPSA) is 194 Å². The Morgan fingerprint density at radius 3 is 2.28 bits per heavy atom. The van der Waals surface area contributed by atoms with E-state index in [1.807, 2.05) is 0 Å². The van der Waals surface area contributed by atoms with E-state index in [2.05, 4.69) is 15.2 Å². The second-order valence-corrected chi connectivity index (χ2v) is 9.21. The van der Waals surface area contributed by atoms with Crippen molar-refractivity contribution in [2.24, 2.45) is 5.10 Å². The van der Waals surface area contributed by atoms with E-state index in [1.54, 1.807) is 0 Å². The molecular weight excluding hydrogens is 518 g/mol. The van der Waals surface area contributed by atoms with E-state index in [1.165, 1.54) is 49.4 Å². The zero-order valence-corrected chi connectivity index (χ0v) is 19.8. The van der Waals surface area contributed by atoms with Gasteiger partial charge in [-0.05, 0) is 37.3 Å². The number of benzene rings is 3. The molecule has 3 rings (SSSR count). The zero-order valence-electron chi connectivity index (χ0n) is 18.2. The predicted octanol–water partition coefficient (Wildman–Crippen LogP) is 4.49. The number of nitrogens with zero attached hydrogens (tertiary/aromatic N) is 3. The highest BCUT2D eigenvalue weighted by molar-refractivity contribution is 7.92. The van der Waals surface area contributed by atoms with Gasteiger partial charge in [-0.3, -0.25) is 30.4 Å². The van der Waals surface area contributed by atoms with Gasteiger partial charge in [0.25, 0.3) is 21.4 Å². The average Bonchev–Trinajstić information content (AvgIpc) is 2.82. The van der Waals surface area contributed by atoms with E-state index in [0.717, 1.165) is 18.2 Å². The van der Waals surface area contributed by atoms with Gasteiger partial charge in [-0.15, -0.1) is 0 Å². The van der Waals surface area contributed by atoms with E-state index in [0.29, 0.717) is 5.56 Å². The minimum absolute atomic E-state index is 0.0727. The summed E-state index contributed by atoms with van der Waals surface area (Å²) < 4.78 is 27.7. The van der Waals surface area contributed by atoms with Crippen molar-refractivity contribution in [3.63, 3.8) is 0 Å². The van der Waals surface area contributed by atoms with Crippen molar-refractivity contribution in [2.75, 3.05) is 10.1 Å². The Labute approximate surface area is 208 Å². The molecule has 0 bridgehead atoms. The zero-order chi connectivity index (χ0) is 26.6. The molecule has 0 saturated carbocycles. The minimum Gasteiger partial charge on any atom is -0.478 e. The fraction of sp³-hybridized carbons (Fsp3) is 0.0476. The fourth-order valence-electron chi connectivity index (χ4n) is 2.97. The van der Waals surface area contributed by atoms with Gasteiger partial charge in [-0.25, -0.2) is 13.2 Å². The standard InChI is InChI=1S/C21H16ClN5O8S/c1-12(13-6-8-16(22)19(10-13)26(30)31)23-24-18-9-7-14(11-20(18)27(32)33)36(34,35)25-17-5-3-2-4-15(17)21(28)29/h2-11,24-25H,1H3,(H,28,29)/b23-12+. The highest BCUT2D eigenvalue weighted by Crippen LogP contribution is 2.30. The first-order valence-electron chi connectivity index (χ1n) is 9.79. The van der Waals surface area contributed by atoms with Crippen LogP contribution in [-0.2, 0) is 10.0 Å². The number of sulfonamides is 1. The first-order chi connectivity index (χ1) is 16.9. The van der Waals surface area contributed by atoms with Crippen LogP contribution >= 0.6 is 11.6 Å². The van der Waals surface area contributed by atoms with Crippen molar-refractivity contribution in [2.45, 2.75) is 11.8 Å². The number of para-hydroxylation sites is 1. The largest absolute Gasteiger partial charge is 0.478 e. The van der Waals surface area contributed by atoms with Gasteiger partial charge < -0.3 is 5.11 Å². The molecule has 0 aliphatic heterocycles. The summed E-state index contributed by atoms with van der Waals surface area (Å²) >= 11 is 5.80. The maximum absolute atomic E-state index is 12.8. The first kappa shape index (κ1) is 26.1. The molecule has 0 radical (unpaired) electrons. The molecule has 3 N–H and O–H groups in total. The summed E-state index contributed by atoms with van der Waals surface area (Å²) in [6.07, 6.45) is 0. The lowest BCUT2D eigenvalue weighted by Gasteiger charge is -2.11. The van der Waals surface area contributed by atoms with Crippen molar-refractivity contribution >= 4 is 56.1 Å². The lowest BCUT2D eigenvalue weighted by molar-refractivity contribution is -0.384. The summed E-state index contributed by atoms with van der Waals surface area (Å²) in [6.45, 7) is 1.49. The van der Waals surface area contributed by atoms with Crippen LogP contribution in [0, 0.1) is 20.2 Å². The highest BCUT2D eigenvalue weighted by Gasteiger charge is 2.23. The molecule has 0 heterocycles. The van der Waals surface area contributed by atoms with E-state index < -0.39 is 36.4 Å². The Balaban J connectivity index is 1.92. The third kappa shape index (κ3) is 5.73. The molecule has 0 aliphatic rings. The summed E-state index contributed by atoms with van der Waals surface area (Å²) in [5, 5.41) is 35.9. The molecule has 36 heavy (non-hydrogen) atoms. The van der Waals surface area contributed by atoms with Crippen LogP contribution in [0.3, 0.4) is 0 Å². The minimum atomic E-state index is -4.39. The molecule has 0 aromatic heterocycles. The van der Waals surface area contributed by atoms with Crippen LogP contribution in [0.2, 0.25) is 5.02 Å². The number of hydrogen-bond acceptors (Lipinski definition) is 9. The Kier molecular flexibility index (Phi) is 7.50. The van der Waals surface area contributed by atoms with Crippen molar-refractivity contribution in [1.82, 2.24) is 0 Å². The van der Waals surface area contributed by atoms with Crippen molar-refractivity contribution in [3.8, 4) is 0 Å². The molecule has 13 nitrogen and oxygen atoms in total. The lowest BCUT2D eigenvalue weighted by Crippen LogP contribution is -2.16. The fourth-order valence-corrected chi connectivity index (χ4v) is 4.26. The average molecular weight is 534 g/mol. The normalized spacial score (nSPS) is 11.6. The van der Waals surface area contributed by atoms with Crippen LogP contribution < -0.4 is 10.1 Å². The molecule has 0 unspecified atom stereocenters. The third-order valence-corrected chi connectivity index (χ3v) is 6.47. The number of anilines is 2. The molecule has 0 spiro atoms. The number of nitro benzene ring substituents is 2. The predicted molar refractivity (Wildman–Crippen MR) is 131 cm³/mol. The number of nitrogens with one attached hydrogen (secondary N) is 2. The monoisotopic (exact) mass is 533 g/mol. The first-order valence-corrected chi connectivity index (χ1v) is 11.6. The number of halogens is 1. The number of carbonyl (C=O) groups is 1. The SMILES string of the molecule is C/C(=N\Nc1ccc(S(=O)(=O)Nc2ccccc2C(=O)O)cc1[N+](=O)[O-])c1ccc(Cl)c([N+](=O)[O-])c1. The van der Waals surface area contributed by atoms with Crippen LogP contribution in [0.1, 0.15) is 22.8 Å². The number of rotatable bonds is 9. The van der Waals surface area contributed by atoms with E-state index in [4.69, 9.17) is 11.6 Å². The van der Waals surface area contributed by atoms with E-state index in [9.17, 15) is 38.5 Å². The van der Waals surface area contributed by atoms with Crippen LogP contribution in [0.5, 0.6) is 0 Å². The summed E-state index contributed by atoms with van der Waals surface area (Å²) in [4.78, 5) is 32.0. The molecule has 0 amide bonds. The second-order valence-electron chi connectivity index (χ2n) is 7.12. The molecule has 0 saturated heterocycles. The second kappa shape index (κ2) is 10.4. The molecule has 3 aromatic rings. The number of nitro groups is 2. The van der Waals surface area contributed by atoms with E-state index in [-0.39, 0.29) is 33.4 Å². The summed E-state index contributed by atoms with van der Waals surface area (Å²) in [5.41, 5.74) is 1.35. The Hall–Kier alpha value is -4.56. The smallest absolute Gasteiger partial charge is 0.337 e. The van der Waals surface area contributed by atoms with Gasteiger partial charge in [-0.1, -0.05) is 29.8 Å². The van der Waals surface area contributed by atoms with E-state index >= 15 is 0 Å². The number of carboxylic acid groups (broad SMARTS) is 1. The molecule has 0 aliphatic carbocycles. The van der Waals surface area contributed by atoms with Crippen LogP contribution in [0.4, 0.5) is 22.7 Å². The quantitative estimate of drug-likeness (QED) is 0.201. The summed E-state index contributed by atoms with van der Waals surface area (Å²) in [7, 11) is -4.39. The molecule has 0 atom stereocenters. The van der Waals surface area contributed by atoms with Gasteiger partial charge >= 0.3 is 5.97 Å². The molecule has 3 aromatic carbocycles. The van der Waals surface area contributed by atoms with Crippen LogP contribution in [0.15, 0.2) is 70.7 Å². The Morgan fingerprint density at radius 2 is 1.64 bits per heavy atom. The van der Waals surface area contributed by atoms with Gasteiger partial charge in [0.05, 0.1) is 31.7 Å². The molecule has 186 valence electrons.